The minimum Gasteiger partial charge on any atom is -0.377 e. The second kappa shape index (κ2) is 4.64. The normalized spacial score (nSPS) is 30.2. The Morgan fingerprint density at radius 2 is 1.84 bits per heavy atom. The lowest BCUT2D eigenvalue weighted by Crippen LogP contribution is -2.69. The summed E-state index contributed by atoms with van der Waals surface area (Å²) in [7, 11) is 0. The minimum atomic E-state index is -1.98. The lowest BCUT2D eigenvalue weighted by molar-refractivity contribution is -0.429. The Morgan fingerprint density at radius 3 is 2.40 bits per heavy atom. The molecule has 2 atom stereocenters. The number of carbonyl (C=O) groups excluding carboxylic acids is 2. The molecule has 0 spiro atoms. The maximum absolute atomic E-state index is 12.3. The number of imide groups is 1. The van der Waals surface area contributed by atoms with Crippen LogP contribution in [0.15, 0.2) is 59.3 Å². The van der Waals surface area contributed by atoms with Crippen molar-refractivity contribution >= 4 is 17.5 Å². The molecule has 3 aliphatic rings. The number of nitrogens with one attached hydrogen (secondary N) is 2. The summed E-state index contributed by atoms with van der Waals surface area (Å²) in [6.07, 6.45) is 3.09. The van der Waals surface area contributed by atoms with Gasteiger partial charge in [0.25, 0.3) is 11.6 Å². The van der Waals surface area contributed by atoms with Crippen molar-refractivity contribution < 1.29 is 19.6 Å². The molecule has 0 saturated carbocycles. The van der Waals surface area contributed by atoms with Gasteiger partial charge in [-0.05, 0) is 24.1 Å². The van der Waals surface area contributed by atoms with Crippen LogP contribution in [0.5, 0.6) is 0 Å². The summed E-state index contributed by atoms with van der Waals surface area (Å²) < 4.78 is 0. The van der Waals surface area contributed by atoms with E-state index in [-0.39, 0.29) is 16.8 Å². The molecule has 3 N–H and O–H groups in total. The highest BCUT2D eigenvalue weighted by molar-refractivity contribution is 6.10. The van der Waals surface area contributed by atoms with Gasteiger partial charge in [-0.2, -0.15) is 0 Å². The molecular formula is C17H13N3O5. The average Bonchev–Trinajstić information content (AvgIpc) is 2.86. The van der Waals surface area contributed by atoms with Crippen molar-refractivity contribution in [1.82, 2.24) is 10.6 Å². The average molecular weight is 339 g/mol. The standard InChI is InChI=1S/C17H13N3O5/c1-16(14(21)18-15(22)19-16)17(23)11-8-7-10(9-5-3-2-4-6-9)12(17)13(11)20(24)25/h2-8,23H,1H3,(H2,18,19,21,22). The zero-order chi connectivity index (χ0) is 18.0. The van der Waals surface area contributed by atoms with E-state index in [2.05, 4.69) is 10.6 Å². The number of fused-ring (bicyclic) bond motifs is 2. The van der Waals surface area contributed by atoms with Gasteiger partial charge >= 0.3 is 6.03 Å². The minimum absolute atomic E-state index is 0.00651. The molecule has 1 fully saturated rings. The molecule has 25 heavy (non-hydrogen) atoms. The predicted octanol–water partition coefficient (Wildman–Crippen LogP) is 0.884. The molecule has 0 aromatic heterocycles. The first-order valence-electron chi connectivity index (χ1n) is 7.54. The summed E-state index contributed by atoms with van der Waals surface area (Å²) >= 11 is 0. The Morgan fingerprint density at radius 1 is 1.16 bits per heavy atom. The Kier molecular flexibility index (Phi) is 2.83. The van der Waals surface area contributed by atoms with Crippen molar-refractivity contribution in [2.75, 3.05) is 0 Å². The summed E-state index contributed by atoms with van der Waals surface area (Å²) in [6, 6.07) is 8.10. The smallest absolute Gasteiger partial charge is 0.322 e. The Bertz CT molecular complexity index is 946. The summed E-state index contributed by atoms with van der Waals surface area (Å²) in [5.41, 5.74) is -2.81. The summed E-state index contributed by atoms with van der Waals surface area (Å²) in [5, 5.41) is 27.3. The van der Waals surface area contributed by atoms with Crippen LogP contribution in [0, 0.1) is 10.1 Å². The number of rotatable bonds is 3. The number of benzene rings is 1. The zero-order valence-electron chi connectivity index (χ0n) is 13.1. The second-order valence-corrected chi connectivity index (χ2v) is 6.25. The molecule has 1 aromatic rings. The summed E-state index contributed by atoms with van der Waals surface area (Å²) in [5.74, 6) is -0.736. The van der Waals surface area contributed by atoms with E-state index < -0.39 is 28.0 Å². The molecule has 8 heteroatoms. The van der Waals surface area contributed by atoms with Crippen molar-refractivity contribution in [3.63, 3.8) is 0 Å². The van der Waals surface area contributed by atoms with Crippen LogP contribution in [0.25, 0.3) is 5.57 Å². The van der Waals surface area contributed by atoms with Gasteiger partial charge in [0.1, 0.15) is 0 Å². The van der Waals surface area contributed by atoms with Gasteiger partial charge in [-0.15, -0.1) is 0 Å². The van der Waals surface area contributed by atoms with E-state index in [0.29, 0.717) is 11.1 Å². The van der Waals surface area contributed by atoms with Crippen LogP contribution >= 0.6 is 0 Å². The van der Waals surface area contributed by atoms with Crippen LogP contribution in [0.4, 0.5) is 4.79 Å². The van der Waals surface area contributed by atoms with Crippen LogP contribution < -0.4 is 10.6 Å². The summed E-state index contributed by atoms with van der Waals surface area (Å²) in [4.78, 5) is 34.8. The fourth-order valence-corrected chi connectivity index (χ4v) is 3.69. The quantitative estimate of drug-likeness (QED) is 0.429. The fraction of sp³-hybridized carbons (Fsp3) is 0.176. The first kappa shape index (κ1) is 15.3. The fourth-order valence-electron chi connectivity index (χ4n) is 3.69. The Hall–Kier alpha value is -3.26. The van der Waals surface area contributed by atoms with Gasteiger partial charge < -0.3 is 10.4 Å². The molecule has 1 aliphatic heterocycles. The van der Waals surface area contributed by atoms with E-state index in [4.69, 9.17) is 0 Å². The van der Waals surface area contributed by atoms with Crippen molar-refractivity contribution in [1.29, 1.82) is 0 Å². The van der Waals surface area contributed by atoms with E-state index in [1.165, 1.54) is 13.0 Å². The number of urea groups is 1. The lowest BCUT2D eigenvalue weighted by atomic mass is 9.57. The molecule has 8 nitrogen and oxygen atoms in total. The van der Waals surface area contributed by atoms with Gasteiger partial charge in [-0.25, -0.2) is 4.79 Å². The van der Waals surface area contributed by atoms with Gasteiger partial charge in [0, 0.05) is 0 Å². The third kappa shape index (κ3) is 1.69. The molecule has 3 amide bonds. The highest BCUT2D eigenvalue weighted by Gasteiger charge is 2.71. The lowest BCUT2D eigenvalue weighted by Gasteiger charge is -2.49. The molecule has 0 radical (unpaired) electrons. The number of aliphatic hydroxyl groups is 1. The Labute approximate surface area is 141 Å². The first-order valence-corrected chi connectivity index (χ1v) is 7.54. The highest BCUT2D eigenvalue weighted by atomic mass is 16.6. The van der Waals surface area contributed by atoms with Crippen molar-refractivity contribution in [2.45, 2.75) is 18.1 Å². The van der Waals surface area contributed by atoms with E-state index in [9.17, 15) is 24.8 Å². The van der Waals surface area contributed by atoms with Gasteiger partial charge in [-0.1, -0.05) is 36.4 Å². The monoisotopic (exact) mass is 339 g/mol. The van der Waals surface area contributed by atoms with Crippen LogP contribution in [-0.2, 0) is 4.79 Å². The van der Waals surface area contributed by atoms with Crippen LogP contribution in [-0.4, -0.2) is 33.1 Å². The molecule has 2 aliphatic carbocycles. The first-order chi connectivity index (χ1) is 11.8. The number of nitro groups is 1. The zero-order valence-corrected chi connectivity index (χ0v) is 13.1. The molecule has 1 saturated heterocycles. The van der Waals surface area contributed by atoms with Gasteiger partial charge in [-0.3, -0.25) is 20.2 Å². The maximum atomic E-state index is 12.3. The number of hydrogen-bond donors (Lipinski definition) is 3. The second-order valence-electron chi connectivity index (χ2n) is 6.25. The molecule has 1 heterocycles. The molecular weight excluding hydrogens is 326 g/mol. The molecule has 1 aromatic carbocycles. The number of carbonyl (C=O) groups is 2. The number of amides is 3. The third-order valence-corrected chi connectivity index (χ3v) is 4.97. The van der Waals surface area contributed by atoms with Crippen molar-refractivity contribution in [3.8, 4) is 0 Å². The topological polar surface area (TPSA) is 122 Å². The maximum Gasteiger partial charge on any atom is 0.322 e. The van der Waals surface area contributed by atoms with Crippen molar-refractivity contribution in [2.24, 2.45) is 0 Å². The molecule has 2 unspecified atom stereocenters. The van der Waals surface area contributed by atoms with Crippen LogP contribution in [0.1, 0.15) is 12.5 Å². The van der Waals surface area contributed by atoms with Crippen LogP contribution in [0.3, 0.4) is 0 Å². The molecule has 126 valence electrons. The van der Waals surface area contributed by atoms with Crippen molar-refractivity contribution in [3.05, 3.63) is 75.0 Å². The SMILES string of the molecule is CC1(C2(O)c3ccc(-c4ccccc4)c2c3[N+](=O)[O-])NC(=O)NC1=O. The van der Waals surface area contributed by atoms with Gasteiger partial charge in [0.2, 0.25) is 0 Å². The third-order valence-electron chi connectivity index (χ3n) is 4.97. The van der Waals surface area contributed by atoms with E-state index in [0.717, 1.165) is 0 Å². The van der Waals surface area contributed by atoms with E-state index in [1.807, 2.05) is 0 Å². The Balaban J connectivity index is 1.93. The molecule has 2 bridgehead atoms. The van der Waals surface area contributed by atoms with Gasteiger partial charge in [0.05, 0.1) is 16.1 Å². The van der Waals surface area contributed by atoms with E-state index >= 15 is 0 Å². The number of nitrogens with zero attached hydrogens (tertiary/aromatic N) is 1. The highest BCUT2D eigenvalue weighted by Crippen LogP contribution is 2.58. The largest absolute Gasteiger partial charge is 0.377 e. The van der Waals surface area contributed by atoms with Gasteiger partial charge in [0.15, 0.2) is 11.1 Å². The number of allylic oxidation sites excluding steroid dienone is 2. The molecule has 4 rings (SSSR count). The predicted molar refractivity (Wildman–Crippen MR) is 86.6 cm³/mol. The van der Waals surface area contributed by atoms with Crippen LogP contribution in [0.2, 0.25) is 0 Å². The van der Waals surface area contributed by atoms with E-state index in [1.54, 1.807) is 36.4 Å². The number of hydrogen-bond acceptors (Lipinski definition) is 5. The summed E-state index contributed by atoms with van der Waals surface area (Å²) in [6.45, 7) is 1.35.